The van der Waals surface area contributed by atoms with E-state index < -0.39 is 11.9 Å². The third-order valence-corrected chi connectivity index (χ3v) is 4.10. The standard InChI is InChI=1S/C10H10F3NS.CH2N2/c1-15-9(4-5-9)7-2-3-8(14-6-7)10(11,12)13;2-1-3/h2-3,6H,4-5H2,1H3;2H2. The lowest BCUT2D eigenvalue weighted by molar-refractivity contribution is -0.141. The van der Waals surface area contributed by atoms with E-state index >= 15 is 0 Å². The molecular formula is C11H12F3N3S. The van der Waals surface area contributed by atoms with Crippen LogP contribution in [0.5, 0.6) is 0 Å². The summed E-state index contributed by atoms with van der Waals surface area (Å²) < 4.78 is 36.8. The molecule has 0 unspecified atom stereocenters. The zero-order valence-corrected chi connectivity index (χ0v) is 10.5. The minimum absolute atomic E-state index is 0.0388. The van der Waals surface area contributed by atoms with Crippen LogP contribution >= 0.6 is 11.8 Å². The van der Waals surface area contributed by atoms with Crippen LogP contribution in [0.4, 0.5) is 13.2 Å². The Kier molecular flexibility index (Phi) is 4.46. The molecule has 1 aromatic heterocycles. The maximum absolute atomic E-state index is 12.2. The summed E-state index contributed by atoms with van der Waals surface area (Å²) in [6.07, 6.45) is 2.30. The van der Waals surface area contributed by atoms with Crippen LogP contribution in [-0.4, -0.2) is 11.2 Å². The highest BCUT2D eigenvalue weighted by molar-refractivity contribution is 7.99. The molecule has 1 aliphatic rings. The van der Waals surface area contributed by atoms with Gasteiger partial charge < -0.3 is 5.73 Å². The average Bonchev–Trinajstić information content (AvgIpc) is 3.10. The summed E-state index contributed by atoms with van der Waals surface area (Å²) in [7, 11) is 0. The number of nitriles is 1. The van der Waals surface area contributed by atoms with E-state index in [1.807, 2.05) is 6.26 Å². The molecule has 1 heterocycles. The van der Waals surface area contributed by atoms with Crippen LogP contribution in [0.15, 0.2) is 18.3 Å². The fourth-order valence-electron chi connectivity index (χ4n) is 1.56. The fourth-order valence-corrected chi connectivity index (χ4v) is 2.42. The van der Waals surface area contributed by atoms with Crippen LogP contribution in [0, 0.1) is 11.5 Å². The Morgan fingerprint density at radius 3 is 2.28 bits per heavy atom. The highest BCUT2D eigenvalue weighted by atomic mass is 32.2. The van der Waals surface area contributed by atoms with Crippen LogP contribution in [0.2, 0.25) is 0 Å². The van der Waals surface area contributed by atoms with Gasteiger partial charge in [0.05, 0.1) is 0 Å². The van der Waals surface area contributed by atoms with Crippen molar-refractivity contribution >= 4 is 11.8 Å². The van der Waals surface area contributed by atoms with Gasteiger partial charge in [0.25, 0.3) is 0 Å². The van der Waals surface area contributed by atoms with E-state index in [4.69, 9.17) is 5.26 Å². The monoisotopic (exact) mass is 275 g/mol. The van der Waals surface area contributed by atoms with E-state index in [1.165, 1.54) is 12.4 Å². The van der Waals surface area contributed by atoms with E-state index in [-0.39, 0.29) is 4.75 Å². The quantitative estimate of drug-likeness (QED) is 0.666. The molecule has 1 saturated carbocycles. The summed E-state index contributed by atoms with van der Waals surface area (Å²) in [5, 5.41) is 7.10. The number of thioether (sulfide) groups is 1. The molecule has 1 aliphatic carbocycles. The Labute approximate surface area is 107 Å². The Morgan fingerprint density at radius 2 is 2.00 bits per heavy atom. The number of nitrogens with two attached hydrogens (primary N) is 1. The molecule has 1 fully saturated rings. The van der Waals surface area contributed by atoms with Crippen molar-refractivity contribution in [2.24, 2.45) is 5.73 Å². The molecule has 7 heteroatoms. The molecule has 0 bridgehead atoms. The zero-order valence-electron chi connectivity index (χ0n) is 9.66. The molecule has 0 aromatic carbocycles. The van der Waals surface area contributed by atoms with Gasteiger partial charge in [0, 0.05) is 10.9 Å². The summed E-state index contributed by atoms with van der Waals surface area (Å²) in [6.45, 7) is 0. The largest absolute Gasteiger partial charge is 0.433 e. The Morgan fingerprint density at radius 1 is 1.44 bits per heavy atom. The van der Waals surface area contributed by atoms with Gasteiger partial charge in [0.1, 0.15) is 5.69 Å². The van der Waals surface area contributed by atoms with Crippen LogP contribution in [-0.2, 0) is 10.9 Å². The number of hydrogen-bond donors (Lipinski definition) is 1. The van der Waals surface area contributed by atoms with Crippen molar-refractivity contribution < 1.29 is 13.2 Å². The molecule has 3 nitrogen and oxygen atoms in total. The summed E-state index contributed by atoms with van der Waals surface area (Å²) in [4.78, 5) is 3.47. The number of nitrogens with zero attached hydrogens (tertiary/aromatic N) is 2. The molecule has 0 radical (unpaired) electrons. The number of halogens is 3. The first-order valence-corrected chi connectivity index (χ1v) is 6.30. The third kappa shape index (κ3) is 3.29. The second kappa shape index (κ2) is 5.48. The molecule has 0 atom stereocenters. The van der Waals surface area contributed by atoms with E-state index in [0.717, 1.165) is 24.5 Å². The lowest BCUT2D eigenvalue weighted by Gasteiger charge is -2.12. The predicted octanol–water partition coefficient (Wildman–Crippen LogP) is 2.88. The van der Waals surface area contributed by atoms with Crippen molar-refractivity contribution in [2.75, 3.05) is 6.26 Å². The average molecular weight is 275 g/mol. The van der Waals surface area contributed by atoms with E-state index in [9.17, 15) is 13.2 Å². The number of hydrogen-bond acceptors (Lipinski definition) is 4. The van der Waals surface area contributed by atoms with Crippen molar-refractivity contribution in [3.8, 4) is 6.19 Å². The summed E-state index contributed by atoms with van der Waals surface area (Å²) >= 11 is 1.68. The van der Waals surface area contributed by atoms with E-state index in [0.29, 0.717) is 0 Å². The van der Waals surface area contributed by atoms with Gasteiger partial charge in [-0.2, -0.15) is 30.2 Å². The first-order chi connectivity index (χ1) is 8.39. The normalized spacial score (nSPS) is 16.2. The minimum atomic E-state index is -4.34. The Hall–Kier alpha value is -1.42. The maximum Gasteiger partial charge on any atom is 0.433 e. The highest BCUT2D eigenvalue weighted by Gasteiger charge is 2.44. The molecule has 0 amide bonds. The van der Waals surface area contributed by atoms with Crippen molar-refractivity contribution in [2.45, 2.75) is 23.8 Å². The number of pyridine rings is 1. The lowest BCUT2D eigenvalue weighted by atomic mass is 10.1. The first kappa shape index (κ1) is 14.6. The van der Waals surface area contributed by atoms with Crippen LogP contribution in [0.1, 0.15) is 24.1 Å². The SMILES string of the molecule is CSC1(c2ccc(C(F)(F)F)nc2)CC1.N#CN. The zero-order chi connectivity index (χ0) is 13.8. The van der Waals surface area contributed by atoms with Crippen molar-refractivity contribution in [3.05, 3.63) is 29.6 Å². The number of aromatic nitrogens is 1. The second-order valence-corrected chi connectivity index (χ2v) is 4.95. The van der Waals surface area contributed by atoms with Gasteiger partial charge in [-0.3, -0.25) is 4.98 Å². The van der Waals surface area contributed by atoms with Gasteiger partial charge in [-0.05, 0) is 30.7 Å². The van der Waals surface area contributed by atoms with Gasteiger partial charge in [-0.25, -0.2) is 0 Å². The molecular weight excluding hydrogens is 263 g/mol. The third-order valence-electron chi connectivity index (χ3n) is 2.67. The van der Waals surface area contributed by atoms with Crippen molar-refractivity contribution in [1.82, 2.24) is 4.98 Å². The fraction of sp³-hybridized carbons (Fsp3) is 0.455. The van der Waals surface area contributed by atoms with Gasteiger partial charge >= 0.3 is 6.18 Å². The summed E-state index contributed by atoms with van der Waals surface area (Å²) in [5.41, 5.74) is 4.24. The molecule has 18 heavy (non-hydrogen) atoms. The minimum Gasteiger partial charge on any atom is -0.337 e. The van der Waals surface area contributed by atoms with Crippen LogP contribution < -0.4 is 5.73 Å². The summed E-state index contributed by atoms with van der Waals surface area (Å²) in [5.74, 6) is 0. The van der Waals surface area contributed by atoms with Crippen LogP contribution in [0.3, 0.4) is 0 Å². The number of alkyl halides is 3. The molecule has 2 rings (SSSR count). The molecule has 0 aliphatic heterocycles. The van der Waals surface area contributed by atoms with Crippen molar-refractivity contribution in [3.63, 3.8) is 0 Å². The van der Waals surface area contributed by atoms with E-state index in [2.05, 4.69) is 10.7 Å². The van der Waals surface area contributed by atoms with Crippen LogP contribution in [0.25, 0.3) is 0 Å². The topological polar surface area (TPSA) is 62.7 Å². The lowest BCUT2D eigenvalue weighted by Crippen LogP contribution is -2.09. The first-order valence-electron chi connectivity index (χ1n) is 5.08. The van der Waals surface area contributed by atoms with Gasteiger partial charge in [-0.15, -0.1) is 0 Å². The van der Waals surface area contributed by atoms with E-state index in [1.54, 1.807) is 17.8 Å². The molecule has 98 valence electrons. The van der Waals surface area contributed by atoms with Gasteiger partial charge in [0.15, 0.2) is 6.19 Å². The molecule has 1 aromatic rings. The highest BCUT2D eigenvalue weighted by Crippen LogP contribution is 2.55. The smallest absolute Gasteiger partial charge is 0.337 e. The van der Waals surface area contributed by atoms with Crippen molar-refractivity contribution in [1.29, 1.82) is 5.26 Å². The Bertz CT molecular complexity index is 432. The summed E-state index contributed by atoms with van der Waals surface area (Å²) in [6, 6.07) is 2.60. The molecule has 0 spiro atoms. The Balaban J connectivity index is 0.000000492. The van der Waals surface area contributed by atoms with Gasteiger partial charge in [-0.1, -0.05) is 6.07 Å². The number of rotatable bonds is 2. The molecule has 0 saturated heterocycles. The van der Waals surface area contributed by atoms with Gasteiger partial charge in [0.2, 0.25) is 0 Å². The maximum atomic E-state index is 12.2. The second-order valence-electron chi connectivity index (χ2n) is 3.76. The molecule has 2 N–H and O–H groups in total. The predicted molar refractivity (Wildman–Crippen MR) is 63.5 cm³/mol.